The summed E-state index contributed by atoms with van der Waals surface area (Å²) in [6, 6.07) is 52.8. The predicted octanol–water partition coefficient (Wildman–Crippen LogP) is 13.4. The van der Waals surface area contributed by atoms with Crippen LogP contribution in [-0.2, 0) is 9.47 Å². The third-order valence-electron chi connectivity index (χ3n) is 9.94. The molecule has 0 aliphatic carbocycles. The van der Waals surface area contributed by atoms with Gasteiger partial charge in [-0.15, -0.1) is 0 Å². The first-order valence-electron chi connectivity index (χ1n) is 19.8. The molecular weight excluding hydrogens is 693 g/mol. The van der Waals surface area contributed by atoms with E-state index in [0.29, 0.717) is 17.7 Å². The van der Waals surface area contributed by atoms with Crippen LogP contribution >= 0.6 is 0 Å². The number of Topliss-reactive ketones (excluding diaryl/α,β-unsaturated/α-hetero) is 1. The number of anilines is 6. The first kappa shape index (κ1) is 39.7. The number of ether oxygens (including phenoxy) is 2. The number of benzene rings is 6. The molecule has 0 heterocycles. The maximum atomic E-state index is 13.2. The molecule has 6 nitrogen and oxygen atoms in total. The van der Waals surface area contributed by atoms with Crippen LogP contribution in [0.15, 0.2) is 158 Å². The lowest BCUT2D eigenvalue weighted by Gasteiger charge is -2.26. The lowest BCUT2D eigenvalue weighted by atomic mass is 10.0. The van der Waals surface area contributed by atoms with Gasteiger partial charge in [-0.2, -0.15) is 0 Å². The largest absolute Gasteiger partial charge is 0.462 e. The van der Waals surface area contributed by atoms with Gasteiger partial charge in [-0.25, -0.2) is 4.79 Å². The Hall–Kier alpha value is -5.98. The van der Waals surface area contributed by atoms with E-state index in [1.807, 2.05) is 84.9 Å². The standard InChI is InChI=1S/C50H52N2O4/c1-39(53)42-19-17-25-48(37-42)51(44-21-11-9-12-22-44)46-31-27-40(28-32-46)41-29-33-47(34-30-41)52(45-23-13-10-14-24-45)49-26-18-20-43(38-49)50(54)56-36-16-8-6-4-3-5-7-15-35-55-2/h9-14,17-34,37-38H,3-8,15-16,35-36H2,1-2H3. The second-order valence-corrected chi connectivity index (χ2v) is 14.0. The summed E-state index contributed by atoms with van der Waals surface area (Å²) < 4.78 is 10.8. The topological polar surface area (TPSA) is 59.1 Å². The minimum Gasteiger partial charge on any atom is -0.462 e. The first-order valence-corrected chi connectivity index (χ1v) is 19.8. The van der Waals surface area contributed by atoms with Crippen LogP contribution in [0.5, 0.6) is 0 Å². The van der Waals surface area contributed by atoms with E-state index >= 15 is 0 Å². The maximum Gasteiger partial charge on any atom is 0.338 e. The Morgan fingerprint density at radius 3 is 1.29 bits per heavy atom. The van der Waals surface area contributed by atoms with Crippen LogP contribution in [0.25, 0.3) is 11.1 Å². The van der Waals surface area contributed by atoms with Crippen LogP contribution in [-0.4, -0.2) is 32.1 Å². The number of unbranched alkanes of at least 4 members (excludes halogenated alkanes) is 7. The Labute approximate surface area is 332 Å². The number of hydrogen-bond acceptors (Lipinski definition) is 6. The van der Waals surface area contributed by atoms with E-state index in [0.717, 1.165) is 71.1 Å². The van der Waals surface area contributed by atoms with Gasteiger partial charge >= 0.3 is 5.97 Å². The monoisotopic (exact) mass is 744 g/mol. The first-order chi connectivity index (χ1) is 27.5. The summed E-state index contributed by atoms with van der Waals surface area (Å²) in [4.78, 5) is 29.7. The molecule has 56 heavy (non-hydrogen) atoms. The Morgan fingerprint density at radius 1 is 0.429 bits per heavy atom. The number of esters is 1. The van der Waals surface area contributed by atoms with Gasteiger partial charge < -0.3 is 19.3 Å². The third kappa shape index (κ3) is 10.8. The van der Waals surface area contributed by atoms with Crippen molar-refractivity contribution in [3.05, 3.63) is 169 Å². The SMILES string of the molecule is COCCCCCCCCCCOC(=O)c1cccc(N(c2ccccc2)c2ccc(-c3ccc(N(c4ccccc4)c4cccc(C(C)=O)c4)cc3)cc2)c1. The molecule has 6 rings (SSSR count). The molecule has 0 N–H and O–H groups in total. The van der Waals surface area contributed by atoms with Crippen molar-refractivity contribution in [2.24, 2.45) is 0 Å². The van der Waals surface area contributed by atoms with Crippen LogP contribution < -0.4 is 9.80 Å². The van der Waals surface area contributed by atoms with Crippen LogP contribution in [0.2, 0.25) is 0 Å². The van der Waals surface area contributed by atoms with E-state index in [4.69, 9.17) is 9.47 Å². The molecule has 0 aliphatic heterocycles. The van der Waals surface area contributed by atoms with Crippen molar-refractivity contribution in [1.29, 1.82) is 0 Å². The van der Waals surface area contributed by atoms with Gasteiger partial charge in [-0.1, -0.05) is 117 Å². The molecule has 6 heteroatoms. The molecule has 0 aromatic heterocycles. The molecule has 0 aliphatic rings. The molecule has 0 fully saturated rings. The molecule has 0 atom stereocenters. The summed E-state index contributed by atoms with van der Waals surface area (Å²) in [5.41, 5.74) is 9.14. The highest BCUT2D eigenvalue weighted by molar-refractivity contribution is 5.96. The summed E-state index contributed by atoms with van der Waals surface area (Å²) >= 11 is 0. The number of carbonyl (C=O) groups excluding carboxylic acids is 2. The molecule has 0 bridgehead atoms. The Bertz CT molecular complexity index is 2120. The number of para-hydroxylation sites is 2. The molecule has 0 saturated heterocycles. The number of rotatable bonds is 20. The van der Waals surface area contributed by atoms with Crippen molar-refractivity contribution in [2.75, 3.05) is 30.1 Å². The van der Waals surface area contributed by atoms with E-state index in [1.54, 1.807) is 14.0 Å². The number of hydrogen-bond donors (Lipinski definition) is 0. The molecule has 0 radical (unpaired) electrons. The van der Waals surface area contributed by atoms with Gasteiger partial charge in [0, 0.05) is 53.4 Å². The van der Waals surface area contributed by atoms with Crippen molar-refractivity contribution in [3.8, 4) is 11.1 Å². The van der Waals surface area contributed by atoms with Crippen LogP contribution in [0.3, 0.4) is 0 Å². The number of nitrogens with zero attached hydrogens (tertiary/aromatic N) is 2. The average Bonchev–Trinajstić information content (AvgIpc) is 3.24. The van der Waals surface area contributed by atoms with E-state index < -0.39 is 0 Å². The van der Waals surface area contributed by atoms with E-state index in [2.05, 4.69) is 82.6 Å². The fraction of sp³-hybridized carbons (Fsp3) is 0.240. The second-order valence-electron chi connectivity index (χ2n) is 14.0. The minimum absolute atomic E-state index is 0.0344. The van der Waals surface area contributed by atoms with Crippen molar-refractivity contribution >= 4 is 45.9 Å². The zero-order valence-corrected chi connectivity index (χ0v) is 32.6. The normalized spacial score (nSPS) is 10.9. The van der Waals surface area contributed by atoms with Gasteiger partial charge in [0.1, 0.15) is 0 Å². The number of methoxy groups -OCH3 is 1. The van der Waals surface area contributed by atoms with Crippen molar-refractivity contribution in [1.82, 2.24) is 0 Å². The van der Waals surface area contributed by atoms with Gasteiger partial charge in [-0.3, -0.25) is 4.79 Å². The Balaban J connectivity index is 1.14. The average molecular weight is 745 g/mol. The molecule has 286 valence electrons. The molecule has 6 aromatic carbocycles. The fourth-order valence-electron chi connectivity index (χ4n) is 6.95. The van der Waals surface area contributed by atoms with Gasteiger partial charge in [-0.05, 0) is 110 Å². The third-order valence-corrected chi connectivity index (χ3v) is 9.94. The quantitative estimate of drug-likeness (QED) is 0.0441. The summed E-state index contributed by atoms with van der Waals surface area (Å²) in [6.07, 6.45) is 9.19. The maximum absolute atomic E-state index is 13.2. The van der Waals surface area contributed by atoms with Crippen molar-refractivity contribution in [3.63, 3.8) is 0 Å². The van der Waals surface area contributed by atoms with E-state index in [9.17, 15) is 9.59 Å². The smallest absolute Gasteiger partial charge is 0.338 e. The number of ketones is 1. The highest BCUT2D eigenvalue weighted by Gasteiger charge is 2.17. The van der Waals surface area contributed by atoms with Crippen molar-refractivity contribution < 1.29 is 19.1 Å². The van der Waals surface area contributed by atoms with Crippen LogP contribution in [0.1, 0.15) is 79.0 Å². The van der Waals surface area contributed by atoms with E-state index in [1.165, 1.54) is 32.1 Å². The number of carbonyl (C=O) groups is 2. The van der Waals surface area contributed by atoms with Gasteiger partial charge in [0.05, 0.1) is 12.2 Å². The lowest BCUT2D eigenvalue weighted by Crippen LogP contribution is -2.12. The molecule has 0 spiro atoms. The van der Waals surface area contributed by atoms with Gasteiger partial charge in [0.25, 0.3) is 0 Å². The summed E-state index contributed by atoms with van der Waals surface area (Å²) in [5.74, 6) is -0.263. The lowest BCUT2D eigenvalue weighted by molar-refractivity contribution is 0.0497. The molecular formula is C50H52N2O4. The molecule has 0 amide bonds. The summed E-state index contributed by atoms with van der Waals surface area (Å²) in [6.45, 7) is 2.87. The zero-order chi connectivity index (χ0) is 39.0. The Kier molecular flexibility index (Phi) is 14.6. The highest BCUT2D eigenvalue weighted by Crippen LogP contribution is 2.38. The zero-order valence-electron chi connectivity index (χ0n) is 32.6. The fourth-order valence-corrected chi connectivity index (χ4v) is 6.95. The Morgan fingerprint density at radius 2 is 0.821 bits per heavy atom. The van der Waals surface area contributed by atoms with Gasteiger partial charge in [0.15, 0.2) is 5.78 Å². The van der Waals surface area contributed by atoms with Crippen molar-refractivity contribution in [2.45, 2.75) is 58.3 Å². The summed E-state index contributed by atoms with van der Waals surface area (Å²) in [7, 11) is 1.76. The van der Waals surface area contributed by atoms with Crippen LogP contribution in [0, 0.1) is 0 Å². The minimum atomic E-state index is -0.297. The van der Waals surface area contributed by atoms with Gasteiger partial charge in [0.2, 0.25) is 0 Å². The second kappa shape index (κ2) is 20.6. The predicted molar refractivity (Wildman–Crippen MR) is 230 cm³/mol. The van der Waals surface area contributed by atoms with Crippen LogP contribution in [0.4, 0.5) is 34.1 Å². The molecule has 0 saturated carbocycles. The molecule has 0 unspecified atom stereocenters. The molecule has 6 aromatic rings. The summed E-state index contributed by atoms with van der Waals surface area (Å²) in [5, 5.41) is 0. The highest BCUT2D eigenvalue weighted by atomic mass is 16.5. The van der Waals surface area contributed by atoms with E-state index in [-0.39, 0.29) is 11.8 Å².